The molecule has 1 aliphatic rings. The number of amides is 3. The normalized spacial score (nSPS) is 14.7. The van der Waals surface area contributed by atoms with Crippen LogP contribution in [0.4, 0.5) is 4.79 Å². The second kappa shape index (κ2) is 9.47. The van der Waals surface area contributed by atoms with Crippen LogP contribution in [-0.2, 0) is 16.2 Å². The monoisotopic (exact) mass is 484 g/mol. The van der Waals surface area contributed by atoms with E-state index in [9.17, 15) is 14.4 Å². The number of nitrogens with zero attached hydrogens (tertiary/aromatic N) is 1. The Morgan fingerprint density at radius 2 is 1.90 bits per heavy atom. The molecule has 0 aromatic heterocycles. The van der Waals surface area contributed by atoms with Crippen LogP contribution in [-0.4, -0.2) is 41.6 Å². The molecule has 1 fully saturated rings. The maximum absolute atomic E-state index is 12.3. The van der Waals surface area contributed by atoms with Crippen LogP contribution in [0.5, 0.6) is 11.5 Å². The summed E-state index contributed by atoms with van der Waals surface area (Å²) in [5.41, 5.74) is 1.03. The van der Waals surface area contributed by atoms with Gasteiger partial charge in [0.2, 0.25) is 0 Å². The van der Waals surface area contributed by atoms with Gasteiger partial charge in [-0.3, -0.25) is 9.59 Å². The highest BCUT2D eigenvalue weighted by Gasteiger charge is 2.34. The summed E-state index contributed by atoms with van der Waals surface area (Å²) in [4.78, 5) is 35.5. The van der Waals surface area contributed by atoms with Crippen molar-refractivity contribution in [3.8, 4) is 11.5 Å². The van der Waals surface area contributed by atoms with Crippen molar-refractivity contribution in [1.82, 2.24) is 10.2 Å². The molecular formula is C20H15Cl3N2O6. The van der Waals surface area contributed by atoms with Gasteiger partial charge in [0.15, 0.2) is 11.5 Å². The third kappa shape index (κ3) is 5.22. The molecule has 1 aliphatic heterocycles. The molecule has 0 atom stereocenters. The summed E-state index contributed by atoms with van der Waals surface area (Å²) in [6.45, 7) is -0.642. The molecule has 2 aromatic carbocycles. The topological polar surface area (TPSA) is 105 Å². The number of hydrogen-bond donors (Lipinski definition) is 2. The van der Waals surface area contributed by atoms with Crippen molar-refractivity contribution in [2.45, 2.75) is 6.61 Å². The van der Waals surface area contributed by atoms with Gasteiger partial charge in [-0.1, -0.05) is 40.9 Å². The standard InChI is InChI=1S/C20H15Cl3N2O6/c1-30-16-6-10(5-15-19(28)25(8-17(26)27)20(29)24-15)4-14(23)18(16)31-9-11-2-3-12(21)7-13(11)22/h2-7H,8-9H2,1H3,(H,24,29)(H,26,27)/b15-5+. The number of aliphatic carboxylic acids is 1. The molecule has 0 spiro atoms. The van der Waals surface area contributed by atoms with Gasteiger partial charge in [-0.2, -0.15) is 0 Å². The van der Waals surface area contributed by atoms with Crippen molar-refractivity contribution in [3.05, 3.63) is 62.2 Å². The average molecular weight is 486 g/mol. The first kappa shape index (κ1) is 22.7. The minimum absolute atomic E-state index is 0.0917. The van der Waals surface area contributed by atoms with E-state index in [-0.39, 0.29) is 28.8 Å². The molecule has 2 N–H and O–H groups in total. The quantitative estimate of drug-likeness (QED) is 0.450. The predicted molar refractivity (Wildman–Crippen MR) is 115 cm³/mol. The van der Waals surface area contributed by atoms with E-state index in [0.29, 0.717) is 26.1 Å². The van der Waals surface area contributed by atoms with Crippen LogP contribution >= 0.6 is 34.8 Å². The highest BCUT2D eigenvalue weighted by Crippen LogP contribution is 2.38. The van der Waals surface area contributed by atoms with E-state index in [0.717, 1.165) is 0 Å². The van der Waals surface area contributed by atoms with E-state index >= 15 is 0 Å². The highest BCUT2D eigenvalue weighted by molar-refractivity contribution is 6.35. The van der Waals surface area contributed by atoms with E-state index in [1.807, 2.05) is 0 Å². The first-order valence-electron chi connectivity index (χ1n) is 8.70. The lowest BCUT2D eigenvalue weighted by molar-refractivity contribution is -0.140. The Balaban J connectivity index is 1.84. The van der Waals surface area contributed by atoms with Crippen LogP contribution in [0, 0.1) is 0 Å². The van der Waals surface area contributed by atoms with Gasteiger partial charge in [0, 0.05) is 15.6 Å². The Bertz CT molecular complexity index is 1100. The lowest BCUT2D eigenvalue weighted by Gasteiger charge is -2.14. The smallest absolute Gasteiger partial charge is 0.329 e. The van der Waals surface area contributed by atoms with Gasteiger partial charge in [0.05, 0.1) is 12.1 Å². The summed E-state index contributed by atoms with van der Waals surface area (Å²) in [5.74, 6) is -1.54. The van der Waals surface area contributed by atoms with Gasteiger partial charge in [-0.15, -0.1) is 0 Å². The molecule has 0 bridgehead atoms. The average Bonchev–Trinajstić information content (AvgIpc) is 2.95. The summed E-state index contributed by atoms with van der Waals surface area (Å²) in [6.07, 6.45) is 1.36. The number of hydrogen-bond acceptors (Lipinski definition) is 5. The lowest BCUT2D eigenvalue weighted by Crippen LogP contribution is -2.35. The van der Waals surface area contributed by atoms with Crippen molar-refractivity contribution < 1.29 is 29.0 Å². The second-order valence-corrected chi connectivity index (χ2v) is 7.58. The lowest BCUT2D eigenvalue weighted by atomic mass is 10.1. The summed E-state index contributed by atoms with van der Waals surface area (Å²) in [6, 6.07) is 7.24. The minimum Gasteiger partial charge on any atom is -0.493 e. The van der Waals surface area contributed by atoms with Gasteiger partial charge < -0.3 is 19.9 Å². The van der Waals surface area contributed by atoms with Crippen LogP contribution in [0.2, 0.25) is 15.1 Å². The zero-order valence-electron chi connectivity index (χ0n) is 15.9. The number of imide groups is 1. The Morgan fingerprint density at radius 1 is 1.16 bits per heavy atom. The first-order valence-corrected chi connectivity index (χ1v) is 9.83. The predicted octanol–water partition coefficient (Wildman–Crippen LogP) is 4.21. The van der Waals surface area contributed by atoms with Gasteiger partial charge >= 0.3 is 12.0 Å². The molecule has 1 heterocycles. The zero-order chi connectivity index (χ0) is 22.7. The first-order chi connectivity index (χ1) is 14.7. The maximum Gasteiger partial charge on any atom is 0.329 e. The molecule has 0 unspecified atom stereocenters. The van der Waals surface area contributed by atoms with Gasteiger partial charge in [0.1, 0.15) is 18.8 Å². The third-order valence-electron chi connectivity index (χ3n) is 4.21. The van der Waals surface area contributed by atoms with Crippen molar-refractivity contribution in [2.75, 3.05) is 13.7 Å². The summed E-state index contributed by atoms with van der Waals surface area (Å²) < 4.78 is 11.1. The van der Waals surface area contributed by atoms with E-state index < -0.39 is 24.5 Å². The molecule has 162 valence electrons. The molecule has 0 saturated carbocycles. The second-order valence-electron chi connectivity index (χ2n) is 6.33. The fraction of sp³-hybridized carbons (Fsp3) is 0.150. The Morgan fingerprint density at radius 3 is 2.55 bits per heavy atom. The minimum atomic E-state index is -1.31. The van der Waals surface area contributed by atoms with Crippen molar-refractivity contribution in [3.63, 3.8) is 0 Å². The molecule has 8 nitrogen and oxygen atoms in total. The van der Waals surface area contributed by atoms with Crippen LogP contribution in [0.1, 0.15) is 11.1 Å². The molecule has 2 aromatic rings. The number of halogens is 3. The highest BCUT2D eigenvalue weighted by atomic mass is 35.5. The van der Waals surface area contributed by atoms with Gasteiger partial charge in [0.25, 0.3) is 5.91 Å². The molecule has 3 amide bonds. The Kier molecular flexibility index (Phi) is 6.94. The number of ether oxygens (including phenoxy) is 2. The van der Waals surface area contributed by atoms with Gasteiger partial charge in [-0.05, 0) is 35.9 Å². The summed E-state index contributed by atoms with van der Waals surface area (Å²) in [5, 5.41) is 12.3. The Hall–Kier alpha value is -2.94. The van der Waals surface area contributed by atoms with Gasteiger partial charge in [-0.25, -0.2) is 9.69 Å². The van der Waals surface area contributed by atoms with Crippen LogP contribution < -0.4 is 14.8 Å². The molecule has 11 heteroatoms. The fourth-order valence-electron chi connectivity index (χ4n) is 2.77. The van der Waals surface area contributed by atoms with Crippen LogP contribution in [0.15, 0.2) is 36.0 Å². The molecular weight excluding hydrogens is 471 g/mol. The molecule has 31 heavy (non-hydrogen) atoms. The van der Waals surface area contributed by atoms with E-state index in [4.69, 9.17) is 49.4 Å². The van der Waals surface area contributed by atoms with Crippen LogP contribution in [0.3, 0.4) is 0 Å². The van der Waals surface area contributed by atoms with Crippen molar-refractivity contribution in [1.29, 1.82) is 0 Å². The summed E-state index contributed by atoms with van der Waals surface area (Å²) in [7, 11) is 1.42. The number of carboxylic acid groups (broad SMARTS) is 1. The maximum atomic E-state index is 12.3. The summed E-state index contributed by atoms with van der Waals surface area (Å²) >= 11 is 18.4. The number of benzene rings is 2. The number of nitrogens with one attached hydrogen (secondary N) is 1. The molecule has 0 aliphatic carbocycles. The van der Waals surface area contributed by atoms with E-state index in [1.54, 1.807) is 24.3 Å². The molecule has 1 saturated heterocycles. The van der Waals surface area contributed by atoms with Crippen molar-refractivity contribution in [2.24, 2.45) is 0 Å². The van der Waals surface area contributed by atoms with E-state index in [1.165, 1.54) is 19.3 Å². The SMILES string of the molecule is COc1cc(/C=C2/NC(=O)N(CC(=O)O)C2=O)cc(Cl)c1OCc1ccc(Cl)cc1Cl. The Labute approximate surface area is 191 Å². The number of carbonyl (C=O) groups is 3. The van der Waals surface area contributed by atoms with E-state index in [2.05, 4.69) is 5.32 Å². The van der Waals surface area contributed by atoms with Crippen LogP contribution in [0.25, 0.3) is 6.08 Å². The molecule has 0 radical (unpaired) electrons. The fourth-order valence-corrected chi connectivity index (χ4v) is 3.51. The number of carboxylic acids is 1. The number of urea groups is 1. The third-order valence-corrected chi connectivity index (χ3v) is 5.07. The zero-order valence-corrected chi connectivity index (χ0v) is 18.2. The number of rotatable bonds is 7. The molecule has 3 rings (SSSR count). The van der Waals surface area contributed by atoms with Crippen molar-refractivity contribution >= 4 is 58.8 Å². The largest absolute Gasteiger partial charge is 0.493 e. The number of methoxy groups -OCH3 is 1. The number of carbonyl (C=O) groups excluding carboxylic acids is 2.